The Bertz CT molecular complexity index is 2260. The molecule has 0 aliphatic heterocycles. The van der Waals surface area contributed by atoms with Crippen LogP contribution < -0.4 is 4.90 Å². The molecule has 0 heterocycles. The number of fused-ring (bicyclic) bond motifs is 2. The third-order valence-corrected chi connectivity index (χ3v) is 9.64. The predicted octanol–water partition coefficient (Wildman–Crippen LogP) is 13.8. The Morgan fingerprint density at radius 1 is 0.347 bits per heavy atom. The SMILES string of the molecule is CC(C)(C)c1cccc(-c2ccc(N(c3ccc(-c4cccc5ccccc45)cc3)c3ccc(-c4cccc5ccccc45)cc3)cc2)c1. The summed E-state index contributed by atoms with van der Waals surface area (Å²) in [5, 5.41) is 5.05. The van der Waals surface area contributed by atoms with Crippen molar-refractivity contribution in [2.45, 2.75) is 26.2 Å². The number of anilines is 3. The van der Waals surface area contributed by atoms with Gasteiger partial charge in [-0.25, -0.2) is 0 Å². The van der Waals surface area contributed by atoms with E-state index in [1.54, 1.807) is 0 Å². The second-order valence-electron chi connectivity index (χ2n) is 13.9. The molecule has 8 aromatic rings. The molecule has 1 nitrogen and oxygen atoms in total. The van der Waals surface area contributed by atoms with E-state index in [4.69, 9.17) is 0 Å². The second kappa shape index (κ2) is 12.6. The van der Waals surface area contributed by atoms with Gasteiger partial charge in [0.1, 0.15) is 0 Å². The molecule has 0 aromatic heterocycles. The highest BCUT2D eigenvalue weighted by Crippen LogP contribution is 2.39. The second-order valence-corrected chi connectivity index (χ2v) is 13.9. The number of rotatable bonds is 6. The van der Waals surface area contributed by atoms with Crippen LogP contribution in [0.25, 0.3) is 54.9 Å². The highest BCUT2D eigenvalue weighted by atomic mass is 15.1. The van der Waals surface area contributed by atoms with Gasteiger partial charge in [-0.05, 0) is 102 Å². The normalized spacial score (nSPS) is 11.6. The van der Waals surface area contributed by atoms with E-state index in [1.807, 2.05) is 0 Å². The lowest BCUT2D eigenvalue weighted by Gasteiger charge is -2.26. The number of nitrogens with zero attached hydrogens (tertiary/aromatic N) is 1. The lowest BCUT2D eigenvalue weighted by Crippen LogP contribution is -2.11. The van der Waals surface area contributed by atoms with E-state index >= 15 is 0 Å². The molecule has 0 spiro atoms. The molecule has 8 rings (SSSR count). The van der Waals surface area contributed by atoms with Crippen molar-refractivity contribution in [3.8, 4) is 33.4 Å². The van der Waals surface area contributed by atoms with Crippen LogP contribution in [0.3, 0.4) is 0 Å². The first-order valence-electron chi connectivity index (χ1n) is 17.1. The van der Waals surface area contributed by atoms with Gasteiger partial charge in [0.2, 0.25) is 0 Å². The summed E-state index contributed by atoms with van der Waals surface area (Å²) in [6.45, 7) is 6.80. The van der Waals surface area contributed by atoms with Gasteiger partial charge >= 0.3 is 0 Å². The van der Waals surface area contributed by atoms with Crippen molar-refractivity contribution in [3.63, 3.8) is 0 Å². The maximum absolute atomic E-state index is 2.36. The van der Waals surface area contributed by atoms with E-state index in [0.29, 0.717) is 0 Å². The molecule has 0 aliphatic carbocycles. The Morgan fingerprint density at radius 2 is 0.755 bits per heavy atom. The molecule has 0 unspecified atom stereocenters. The minimum absolute atomic E-state index is 0.100. The minimum atomic E-state index is 0.100. The van der Waals surface area contributed by atoms with E-state index in [2.05, 4.69) is 208 Å². The van der Waals surface area contributed by atoms with Crippen LogP contribution >= 0.6 is 0 Å². The first-order valence-corrected chi connectivity index (χ1v) is 17.1. The molecule has 0 fully saturated rings. The Labute approximate surface area is 289 Å². The molecule has 0 bridgehead atoms. The van der Waals surface area contributed by atoms with Gasteiger partial charge in [-0.3, -0.25) is 0 Å². The van der Waals surface area contributed by atoms with Gasteiger partial charge in [-0.2, -0.15) is 0 Å². The molecule has 1 heteroatoms. The van der Waals surface area contributed by atoms with Gasteiger partial charge in [-0.15, -0.1) is 0 Å². The number of benzene rings is 8. The lowest BCUT2D eigenvalue weighted by molar-refractivity contribution is 0.590. The fourth-order valence-corrected chi connectivity index (χ4v) is 6.95. The Morgan fingerprint density at radius 3 is 1.22 bits per heavy atom. The summed E-state index contributed by atoms with van der Waals surface area (Å²) in [6, 6.07) is 66.2. The first kappa shape index (κ1) is 30.4. The molecule has 49 heavy (non-hydrogen) atoms. The molecule has 236 valence electrons. The quantitative estimate of drug-likeness (QED) is 0.177. The zero-order chi connectivity index (χ0) is 33.4. The monoisotopic (exact) mass is 629 g/mol. The van der Waals surface area contributed by atoms with Gasteiger partial charge in [0.25, 0.3) is 0 Å². The van der Waals surface area contributed by atoms with Gasteiger partial charge in [0.05, 0.1) is 0 Å². The summed E-state index contributed by atoms with van der Waals surface area (Å²) in [6.07, 6.45) is 0. The van der Waals surface area contributed by atoms with Crippen molar-refractivity contribution in [2.75, 3.05) is 4.90 Å². The minimum Gasteiger partial charge on any atom is -0.311 e. The fraction of sp³-hybridized carbons (Fsp3) is 0.0833. The molecule has 8 aromatic carbocycles. The van der Waals surface area contributed by atoms with Crippen LogP contribution in [-0.2, 0) is 5.41 Å². The van der Waals surface area contributed by atoms with Crippen molar-refractivity contribution >= 4 is 38.6 Å². The summed E-state index contributed by atoms with van der Waals surface area (Å²) in [5.41, 5.74) is 12.2. The van der Waals surface area contributed by atoms with Crippen LogP contribution in [0, 0.1) is 0 Å². The predicted molar refractivity (Wildman–Crippen MR) is 211 cm³/mol. The van der Waals surface area contributed by atoms with Gasteiger partial charge in [0.15, 0.2) is 0 Å². The maximum Gasteiger partial charge on any atom is 0.0462 e. The molecule has 0 saturated carbocycles. The molecule has 0 N–H and O–H groups in total. The summed E-state index contributed by atoms with van der Waals surface area (Å²) < 4.78 is 0. The average molecular weight is 630 g/mol. The largest absolute Gasteiger partial charge is 0.311 e. The zero-order valence-corrected chi connectivity index (χ0v) is 28.3. The Balaban J connectivity index is 1.19. The van der Waals surface area contributed by atoms with E-state index in [-0.39, 0.29) is 5.41 Å². The smallest absolute Gasteiger partial charge is 0.0462 e. The molecular weight excluding hydrogens is 591 g/mol. The van der Waals surface area contributed by atoms with Crippen LogP contribution in [0.15, 0.2) is 182 Å². The standard InChI is InChI=1S/C48H39N/c1-48(2,3)40-16-8-15-39(33-40)34-21-27-41(28-22-34)49(42-29-23-37(24-30-42)46-19-9-13-35-11-4-6-17-44(35)46)43-31-25-38(26-32-43)47-20-10-14-36-12-5-7-18-45(36)47/h4-33H,1-3H3. The van der Waals surface area contributed by atoms with Crippen molar-refractivity contribution in [1.82, 2.24) is 0 Å². The summed E-state index contributed by atoms with van der Waals surface area (Å²) in [5.74, 6) is 0. The van der Waals surface area contributed by atoms with Gasteiger partial charge in [-0.1, -0.05) is 166 Å². The van der Waals surface area contributed by atoms with Crippen LogP contribution in [-0.4, -0.2) is 0 Å². The van der Waals surface area contributed by atoms with E-state index in [1.165, 1.54) is 60.5 Å². The van der Waals surface area contributed by atoms with E-state index in [9.17, 15) is 0 Å². The zero-order valence-electron chi connectivity index (χ0n) is 28.3. The van der Waals surface area contributed by atoms with Gasteiger partial charge in [0, 0.05) is 17.1 Å². The Kier molecular flexibility index (Phi) is 7.82. The highest BCUT2D eigenvalue weighted by molar-refractivity contribution is 5.98. The van der Waals surface area contributed by atoms with Crippen LogP contribution in [0.2, 0.25) is 0 Å². The van der Waals surface area contributed by atoms with Crippen LogP contribution in [0.5, 0.6) is 0 Å². The third-order valence-electron chi connectivity index (χ3n) is 9.64. The van der Waals surface area contributed by atoms with Crippen molar-refractivity contribution in [2.24, 2.45) is 0 Å². The van der Waals surface area contributed by atoms with Crippen molar-refractivity contribution < 1.29 is 0 Å². The van der Waals surface area contributed by atoms with Crippen molar-refractivity contribution in [3.05, 3.63) is 188 Å². The summed E-state index contributed by atoms with van der Waals surface area (Å²) >= 11 is 0. The number of hydrogen-bond acceptors (Lipinski definition) is 1. The van der Waals surface area contributed by atoms with E-state index in [0.717, 1.165) is 17.1 Å². The molecule has 0 amide bonds. The lowest BCUT2D eigenvalue weighted by atomic mass is 9.85. The van der Waals surface area contributed by atoms with E-state index < -0.39 is 0 Å². The van der Waals surface area contributed by atoms with Crippen molar-refractivity contribution in [1.29, 1.82) is 0 Å². The molecule has 0 aliphatic rings. The topological polar surface area (TPSA) is 3.24 Å². The van der Waals surface area contributed by atoms with Gasteiger partial charge < -0.3 is 4.90 Å². The van der Waals surface area contributed by atoms with Crippen LogP contribution in [0.4, 0.5) is 17.1 Å². The molecule has 0 atom stereocenters. The number of hydrogen-bond donors (Lipinski definition) is 0. The first-order chi connectivity index (χ1) is 23.9. The molecular formula is C48H39N. The Hall–Kier alpha value is -5.92. The fourth-order valence-electron chi connectivity index (χ4n) is 6.95. The molecule has 0 saturated heterocycles. The summed E-state index contributed by atoms with van der Waals surface area (Å²) in [4.78, 5) is 2.36. The average Bonchev–Trinajstić information content (AvgIpc) is 3.15. The molecule has 0 radical (unpaired) electrons. The third kappa shape index (κ3) is 6.01. The maximum atomic E-state index is 2.36. The van der Waals surface area contributed by atoms with Crippen LogP contribution in [0.1, 0.15) is 26.3 Å². The highest BCUT2D eigenvalue weighted by Gasteiger charge is 2.16. The summed E-state index contributed by atoms with van der Waals surface area (Å²) in [7, 11) is 0.